The average molecular weight is 342 g/mol. The Kier molecular flexibility index (Phi) is 3.80. The highest BCUT2D eigenvalue weighted by Crippen LogP contribution is 2.30. The minimum absolute atomic E-state index is 0.728. The summed E-state index contributed by atoms with van der Waals surface area (Å²) in [6, 6.07) is 14.3. The Morgan fingerprint density at radius 3 is 2.86 bits per heavy atom. The molecule has 21 heavy (non-hydrogen) atoms. The van der Waals surface area contributed by atoms with Crippen LogP contribution in [0.4, 0.5) is 17.1 Å². The van der Waals surface area contributed by atoms with Crippen molar-refractivity contribution >= 4 is 43.9 Å². The lowest BCUT2D eigenvalue weighted by Crippen LogP contribution is -1.96. The lowest BCUT2D eigenvalue weighted by Gasteiger charge is -2.12. The third kappa shape index (κ3) is 2.85. The molecule has 2 aromatic carbocycles. The van der Waals surface area contributed by atoms with E-state index in [1.165, 1.54) is 5.56 Å². The summed E-state index contributed by atoms with van der Waals surface area (Å²) in [6.07, 6.45) is 2.80. The van der Waals surface area contributed by atoms with Gasteiger partial charge in [-0.2, -0.15) is 0 Å². The van der Waals surface area contributed by atoms with Gasteiger partial charge in [-0.25, -0.2) is 0 Å². The van der Waals surface area contributed by atoms with Gasteiger partial charge >= 0.3 is 0 Å². The van der Waals surface area contributed by atoms with Crippen LogP contribution < -0.4 is 11.1 Å². The molecule has 106 valence electrons. The van der Waals surface area contributed by atoms with E-state index < -0.39 is 0 Å². The number of nitrogens with two attached hydrogens (primary N) is 1. The number of rotatable bonds is 3. The molecule has 3 N–H and O–H groups in total. The molecule has 0 radical (unpaired) electrons. The Bertz CT molecular complexity index is 799. The third-order valence-electron chi connectivity index (χ3n) is 3.46. The minimum Gasteiger partial charge on any atom is -0.398 e. The molecule has 3 aromatic rings. The first-order chi connectivity index (χ1) is 10.2. The van der Waals surface area contributed by atoms with Gasteiger partial charge in [-0.3, -0.25) is 4.98 Å². The maximum absolute atomic E-state index is 6.04. The lowest BCUT2D eigenvalue weighted by molar-refractivity contribution is 1.14. The third-order valence-corrected chi connectivity index (χ3v) is 3.90. The molecule has 3 rings (SSSR count). The number of halogens is 1. The molecule has 0 spiro atoms. The highest BCUT2D eigenvalue weighted by atomic mass is 79.9. The maximum atomic E-state index is 6.04. The summed E-state index contributed by atoms with van der Waals surface area (Å²) < 4.78 is 0.923. The Morgan fingerprint density at radius 2 is 2.05 bits per heavy atom. The number of anilines is 3. The van der Waals surface area contributed by atoms with Crippen LogP contribution in [0.5, 0.6) is 0 Å². The molecule has 0 amide bonds. The van der Waals surface area contributed by atoms with Crippen molar-refractivity contribution < 1.29 is 0 Å². The highest BCUT2D eigenvalue weighted by molar-refractivity contribution is 9.10. The van der Waals surface area contributed by atoms with Crippen LogP contribution in [0.25, 0.3) is 10.9 Å². The van der Waals surface area contributed by atoms with Gasteiger partial charge in [0, 0.05) is 27.4 Å². The van der Waals surface area contributed by atoms with E-state index in [1.807, 2.05) is 18.2 Å². The molecule has 0 saturated heterocycles. The quantitative estimate of drug-likeness (QED) is 0.667. The van der Waals surface area contributed by atoms with Gasteiger partial charge in [0.15, 0.2) is 0 Å². The van der Waals surface area contributed by atoms with Crippen LogP contribution in [0, 0.1) is 0 Å². The number of fused-ring (bicyclic) bond motifs is 1. The largest absolute Gasteiger partial charge is 0.398 e. The second-order valence-corrected chi connectivity index (χ2v) is 5.85. The second-order valence-electron chi connectivity index (χ2n) is 4.93. The van der Waals surface area contributed by atoms with Crippen LogP contribution in [0.15, 0.2) is 53.1 Å². The number of aromatic nitrogens is 1. The van der Waals surface area contributed by atoms with Gasteiger partial charge in [-0.15, -0.1) is 0 Å². The van der Waals surface area contributed by atoms with Gasteiger partial charge in [-0.1, -0.05) is 19.1 Å². The van der Waals surface area contributed by atoms with E-state index in [0.29, 0.717) is 0 Å². The molecule has 0 aliphatic carbocycles. The first-order valence-corrected chi connectivity index (χ1v) is 7.66. The van der Waals surface area contributed by atoms with E-state index in [1.54, 1.807) is 6.20 Å². The van der Waals surface area contributed by atoms with Gasteiger partial charge in [0.1, 0.15) is 0 Å². The van der Waals surface area contributed by atoms with Crippen LogP contribution in [-0.4, -0.2) is 4.98 Å². The number of pyridine rings is 1. The fraction of sp³-hybridized carbons (Fsp3) is 0.118. The Balaban J connectivity index is 2.06. The average Bonchev–Trinajstić information content (AvgIpc) is 2.50. The molecule has 3 nitrogen and oxygen atoms in total. The van der Waals surface area contributed by atoms with Crippen molar-refractivity contribution in [2.45, 2.75) is 13.3 Å². The fourth-order valence-corrected chi connectivity index (χ4v) is 2.67. The maximum Gasteiger partial charge on any atom is 0.0958 e. The van der Waals surface area contributed by atoms with Crippen molar-refractivity contribution in [1.82, 2.24) is 4.98 Å². The monoisotopic (exact) mass is 341 g/mol. The van der Waals surface area contributed by atoms with Crippen molar-refractivity contribution in [1.29, 1.82) is 0 Å². The molecule has 0 fully saturated rings. The van der Waals surface area contributed by atoms with Gasteiger partial charge < -0.3 is 11.1 Å². The molecule has 0 saturated carbocycles. The molecule has 0 aliphatic rings. The van der Waals surface area contributed by atoms with Crippen LogP contribution in [-0.2, 0) is 6.42 Å². The number of hydrogen-bond acceptors (Lipinski definition) is 3. The van der Waals surface area contributed by atoms with Crippen molar-refractivity contribution in [3.8, 4) is 0 Å². The molecule has 0 bridgehead atoms. The van der Waals surface area contributed by atoms with Crippen molar-refractivity contribution in [3.05, 3.63) is 58.7 Å². The molecule has 4 heteroatoms. The van der Waals surface area contributed by atoms with Gasteiger partial charge in [0.05, 0.1) is 11.2 Å². The summed E-state index contributed by atoms with van der Waals surface area (Å²) in [6.45, 7) is 2.15. The van der Waals surface area contributed by atoms with Crippen LogP contribution in [0.1, 0.15) is 12.5 Å². The number of hydrogen-bond donors (Lipinski definition) is 2. The van der Waals surface area contributed by atoms with E-state index in [9.17, 15) is 0 Å². The summed E-state index contributed by atoms with van der Waals surface area (Å²) in [5.41, 5.74) is 11.0. The first kappa shape index (κ1) is 13.9. The molecule has 0 aliphatic heterocycles. The molecule has 1 heterocycles. The summed E-state index contributed by atoms with van der Waals surface area (Å²) in [7, 11) is 0. The summed E-state index contributed by atoms with van der Waals surface area (Å²) in [5.74, 6) is 0. The van der Waals surface area contributed by atoms with E-state index in [4.69, 9.17) is 5.73 Å². The van der Waals surface area contributed by atoms with Crippen LogP contribution in [0.2, 0.25) is 0 Å². The lowest BCUT2D eigenvalue weighted by atomic mass is 10.1. The zero-order valence-electron chi connectivity index (χ0n) is 11.7. The smallest absolute Gasteiger partial charge is 0.0958 e. The fourth-order valence-electron chi connectivity index (χ4n) is 2.34. The SMILES string of the molecule is CCc1cccc(Nc2ccc(N)c3cc(Br)cnc23)c1. The van der Waals surface area contributed by atoms with Crippen LogP contribution >= 0.6 is 15.9 Å². The zero-order valence-corrected chi connectivity index (χ0v) is 13.3. The number of nitrogen functional groups attached to an aromatic ring is 1. The Morgan fingerprint density at radius 1 is 1.19 bits per heavy atom. The minimum atomic E-state index is 0.728. The van der Waals surface area contributed by atoms with Gasteiger partial charge in [0.2, 0.25) is 0 Å². The topological polar surface area (TPSA) is 50.9 Å². The zero-order chi connectivity index (χ0) is 14.8. The standard InChI is InChI=1S/C17H16BrN3/c1-2-11-4-3-5-13(8-11)21-16-7-6-15(19)14-9-12(18)10-20-17(14)16/h3-10,21H,2,19H2,1H3. The summed E-state index contributed by atoms with van der Waals surface area (Å²) in [5, 5.41) is 4.38. The highest BCUT2D eigenvalue weighted by Gasteiger charge is 2.07. The van der Waals surface area contributed by atoms with Crippen molar-refractivity contribution in [2.24, 2.45) is 0 Å². The number of benzene rings is 2. The number of aryl methyl sites for hydroxylation is 1. The summed E-state index contributed by atoms with van der Waals surface area (Å²) in [4.78, 5) is 4.49. The Labute approximate surface area is 132 Å². The number of nitrogens with zero attached hydrogens (tertiary/aromatic N) is 1. The summed E-state index contributed by atoms with van der Waals surface area (Å²) >= 11 is 3.44. The van der Waals surface area contributed by atoms with E-state index in [-0.39, 0.29) is 0 Å². The molecular formula is C17H16BrN3. The van der Waals surface area contributed by atoms with E-state index >= 15 is 0 Å². The van der Waals surface area contributed by atoms with Gasteiger partial charge in [-0.05, 0) is 58.2 Å². The Hall–Kier alpha value is -2.07. The second kappa shape index (κ2) is 5.74. The van der Waals surface area contributed by atoms with E-state index in [2.05, 4.69) is 57.4 Å². The van der Waals surface area contributed by atoms with Crippen molar-refractivity contribution in [2.75, 3.05) is 11.1 Å². The molecule has 0 unspecified atom stereocenters. The molecular weight excluding hydrogens is 326 g/mol. The molecule has 0 atom stereocenters. The number of nitrogens with one attached hydrogen (secondary N) is 1. The van der Waals surface area contributed by atoms with E-state index in [0.717, 1.165) is 38.9 Å². The predicted octanol–water partition coefficient (Wildman–Crippen LogP) is 4.89. The van der Waals surface area contributed by atoms with Crippen LogP contribution in [0.3, 0.4) is 0 Å². The predicted molar refractivity (Wildman–Crippen MR) is 93.0 cm³/mol. The first-order valence-electron chi connectivity index (χ1n) is 6.87. The van der Waals surface area contributed by atoms with Crippen molar-refractivity contribution in [3.63, 3.8) is 0 Å². The molecule has 1 aromatic heterocycles. The normalized spacial score (nSPS) is 10.8. The van der Waals surface area contributed by atoms with Gasteiger partial charge in [0.25, 0.3) is 0 Å².